The van der Waals surface area contributed by atoms with Crippen molar-refractivity contribution in [1.82, 2.24) is 10.2 Å². The second-order valence-electron chi connectivity index (χ2n) is 9.34. The molecule has 2 amide bonds. The van der Waals surface area contributed by atoms with Crippen molar-refractivity contribution in [2.45, 2.75) is 45.3 Å². The number of ether oxygens (including phenoxy) is 1. The van der Waals surface area contributed by atoms with Crippen LogP contribution in [0.4, 0.5) is 0 Å². The maximum atomic E-state index is 13.6. The molecule has 0 fully saturated rings. The summed E-state index contributed by atoms with van der Waals surface area (Å²) in [7, 11) is 0. The third kappa shape index (κ3) is 8.82. The Labute approximate surface area is 224 Å². The fraction of sp³-hybridized carbons (Fsp3) is 0.286. The predicted molar refractivity (Wildman–Crippen MR) is 146 cm³/mol. The van der Waals surface area contributed by atoms with Crippen molar-refractivity contribution in [3.63, 3.8) is 0 Å². The zero-order valence-corrected chi connectivity index (χ0v) is 23.3. The molecule has 0 aromatic heterocycles. The van der Waals surface area contributed by atoms with Gasteiger partial charge < -0.3 is 15.0 Å². The first-order chi connectivity index (χ1) is 16.6. The molecule has 3 aromatic rings. The fourth-order valence-electron chi connectivity index (χ4n) is 3.60. The van der Waals surface area contributed by atoms with Crippen LogP contribution < -0.4 is 10.1 Å². The van der Waals surface area contributed by atoms with Crippen LogP contribution in [0.3, 0.4) is 0 Å². The highest BCUT2D eigenvalue weighted by atomic mass is 79.9. The van der Waals surface area contributed by atoms with E-state index in [-0.39, 0.29) is 25.0 Å². The molecular weight excluding hydrogens is 572 g/mol. The molecule has 0 aliphatic heterocycles. The summed E-state index contributed by atoms with van der Waals surface area (Å²) >= 11 is 6.91. The van der Waals surface area contributed by atoms with E-state index in [4.69, 9.17) is 4.74 Å². The molecule has 184 valence electrons. The van der Waals surface area contributed by atoms with E-state index in [1.165, 1.54) is 0 Å². The molecule has 0 saturated heterocycles. The summed E-state index contributed by atoms with van der Waals surface area (Å²) in [4.78, 5) is 28.7. The number of rotatable bonds is 9. The van der Waals surface area contributed by atoms with Crippen molar-refractivity contribution < 1.29 is 14.3 Å². The molecular formula is C28H30Br2N2O3. The molecule has 3 rings (SSSR count). The highest BCUT2D eigenvalue weighted by molar-refractivity contribution is 9.10. The number of halogens is 2. The standard InChI is InChI=1S/C28H30Br2N2O3/c1-28(2,3)31-27(34)25(17-20-8-5-4-6-9-20)32(18-21-10-7-11-23(30)16-21)26(33)19-35-24-14-12-22(29)13-15-24/h4-16,25H,17-19H2,1-3H3,(H,31,34)/t25-/m1/s1. The Morgan fingerprint density at radius 3 is 2.17 bits per heavy atom. The smallest absolute Gasteiger partial charge is 0.261 e. The van der Waals surface area contributed by atoms with Crippen LogP contribution in [0.2, 0.25) is 0 Å². The third-order valence-corrected chi connectivity index (χ3v) is 6.21. The highest BCUT2D eigenvalue weighted by Gasteiger charge is 2.32. The molecule has 0 unspecified atom stereocenters. The van der Waals surface area contributed by atoms with Crippen LogP contribution in [-0.4, -0.2) is 34.9 Å². The summed E-state index contributed by atoms with van der Waals surface area (Å²) in [6.45, 7) is 5.89. The van der Waals surface area contributed by atoms with Crippen LogP contribution in [-0.2, 0) is 22.6 Å². The van der Waals surface area contributed by atoms with Crippen LogP contribution >= 0.6 is 31.9 Å². The first-order valence-corrected chi connectivity index (χ1v) is 13.0. The van der Waals surface area contributed by atoms with E-state index in [9.17, 15) is 9.59 Å². The van der Waals surface area contributed by atoms with Crippen LogP contribution in [0, 0.1) is 0 Å². The van der Waals surface area contributed by atoms with Crippen LogP contribution in [0.15, 0.2) is 87.8 Å². The summed E-state index contributed by atoms with van der Waals surface area (Å²) in [5.41, 5.74) is 1.45. The highest BCUT2D eigenvalue weighted by Crippen LogP contribution is 2.20. The van der Waals surface area contributed by atoms with Gasteiger partial charge in [0.25, 0.3) is 5.91 Å². The van der Waals surface area contributed by atoms with Crippen molar-refractivity contribution in [2.75, 3.05) is 6.61 Å². The summed E-state index contributed by atoms with van der Waals surface area (Å²) in [5.74, 6) is 0.119. The van der Waals surface area contributed by atoms with Crippen molar-refractivity contribution in [2.24, 2.45) is 0 Å². The average Bonchev–Trinajstić information content (AvgIpc) is 2.80. The molecule has 0 radical (unpaired) electrons. The van der Waals surface area contributed by atoms with E-state index in [0.29, 0.717) is 12.2 Å². The van der Waals surface area contributed by atoms with Gasteiger partial charge in [-0.05, 0) is 68.3 Å². The van der Waals surface area contributed by atoms with Gasteiger partial charge in [-0.3, -0.25) is 9.59 Å². The lowest BCUT2D eigenvalue weighted by Crippen LogP contribution is -2.55. The quantitative estimate of drug-likeness (QED) is 0.320. The molecule has 0 heterocycles. The summed E-state index contributed by atoms with van der Waals surface area (Å²) in [6, 6.07) is 24.1. The van der Waals surface area contributed by atoms with E-state index in [2.05, 4.69) is 37.2 Å². The Kier molecular flexibility index (Phi) is 9.52. The lowest BCUT2D eigenvalue weighted by atomic mass is 10.0. The fourth-order valence-corrected chi connectivity index (χ4v) is 4.31. The molecule has 0 bridgehead atoms. The van der Waals surface area contributed by atoms with Gasteiger partial charge in [0.1, 0.15) is 11.8 Å². The van der Waals surface area contributed by atoms with Gasteiger partial charge in [-0.1, -0.05) is 74.3 Å². The Morgan fingerprint density at radius 1 is 0.886 bits per heavy atom. The number of carbonyl (C=O) groups excluding carboxylic acids is 2. The average molecular weight is 602 g/mol. The van der Waals surface area contributed by atoms with E-state index < -0.39 is 11.6 Å². The minimum atomic E-state index is -0.711. The third-order valence-electron chi connectivity index (χ3n) is 5.19. The number of carbonyl (C=O) groups is 2. The lowest BCUT2D eigenvalue weighted by Gasteiger charge is -2.33. The Balaban J connectivity index is 1.92. The minimum Gasteiger partial charge on any atom is -0.484 e. The van der Waals surface area contributed by atoms with Gasteiger partial charge >= 0.3 is 0 Å². The largest absolute Gasteiger partial charge is 0.484 e. The Bertz CT molecular complexity index is 1130. The topological polar surface area (TPSA) is 58.6 Å². The second-order valence-corrected chi connectivity index (χ2v) is 11.2. The molecule has 1 N–H and O–H groups in total. The van der Waals surface area contributed by atoms with Gasteiger partial charge in [0, 0.05) is 27.4 Å². The first-order valence-electron chi connectivity index (χ1n) is 11.4. The van der Waals surface area contributed by atoms with Crippen molar-refractivity contribution in [3.8, 4) is 5.75 Å². The van der Waals surface area contributed by atoms with Crippen LogP contribution in [0.5, 0.6) is 5.75 Å². The SMILES string of the molecule is CC(C)(C)NC(=O)[C@@H](Cc1ccccc1)N(Cc1cccc(Br)c1)C(=O)COc1ccc(Br)cc1. The van der Waals surface area contributed by atoms with Gasteiger partial charge in [-0.15, -0.1) is 0 Å². The number of amides is 2. The Hall–Kier alpha value is -2.64. The molecule has 5 nitrogen and oxygen atoms in total. The number of benzene rings is 3. The second kappa shape index (κ2) is 12.4. The van der Waals surface area contributed by atoms with Crippen LogP contribution in [0.25, 0.3) is 0 Å². The molecule has 0 aliphatic rings. The zero-order chi connectivity index (χ0) is 25.4. The molecule has 3 aromatic carbocycles. The summed E-state index contributed by atoms with van der Waals surface area (Å²) in [5, 5.41) is 3.06. The minimum absolute atomic E-state index is 0.177. The molecule has 35 heavy (non-hydrogen) atoms. The van der Waals surface area contributed by atoms with E-state index in [0.717, 1.165) is 20.1 Å². The van der Waals surface area contributed by atoms with Gasteiger partial charge in [0.15, 0.2) is 6.61 Å². The van der Waals surface area contributed by atoms with Crippen LogP contribution in [0.1, 0.15) is 31.9 Å². The molecule has 1 atom stereocenters. The monoisotopic (exact) mass is 600 g/mol. The van der Waals surface area contributed by atoms with E-state index >= 15 is 0 Å². The summed E-state index contributed by atoms with van der Waals surface area (Å²) < 4.78 is 7.63. The van der Waals surface area contributed by atoms with Gasteiger partial charge in [-0.25, -0.2) is 0 Å². The van der Waals surface area contributed by atoms with Crippen molar-refractivity contribution >= 4 is 43.7 Å². The molecule has 0 aliphatic carbocycles. The lowest BCUT2D eigenvalue weighted by molar-refractivity contribution is -0.143. The maximum Gasteiger partial charge on any atom is 0.261 e. The normalized spacial score (nSPS) is 12.0. The van der Waals surface area contributed by atoms with Crippen molar-refractivity contribution in [3.05, 3.63) is 98.9 Å². The Morgan fingerprint density at radius 2 is 1.54 bits per heavy atom. The summed E-state index contributed by atoms with van der Waals surface area (Å²) in [6.07, 6.45) is 0.390. The number of hydrogen-bond acceptors (Lipinski definition) is 3. The maximum absolute atomic E-state index is 13.6. The van der Waals surface area contributed by atoms with E-state index in [1.54, 1.807) is 17.0 Å². The van der Waals surface area contributed by atoms with Gasteiger partial charge in [-0.2, -0.15) is 0 Å². The van der Waals surface area contributed by atoms with Crippen molar-refractivity contribution in [1.29, 1.82) is 0 Å². The van der Waals surface area contributed by atoms with E-state index in [1.807, 2.05) is 87.5 Å². The number of nitrogens with zero attached hydrogens (tertiary/aromatic N) is 1. The molecule has 7 heteroatoms. The predicted octanol–water partition coefficient (Wildman–Crippen LogP) is 6.15. The number of nitrogens with one attached hydrogen (secondary N) is 1. The molecule has 0 saturated carbocycles. The van der Waals surface area contributed by atoms with Gasteiger partial charge in [0.05, 0.1) is 0 Å². The number of hydrogen-bond donors (Lipinski definition) is 1. The van der Waals surface area contributed by atoms with Gasteiger partial charge in [0.2, 0.25) is 5.91 Å². The first kappa shape index (κ1) is 27.0. The molecule has 0 spiro atoms. The zero-order valence-electron chi connectivity index (χ0n) is 20.1.